The zero-order chi connectivity index (χ0) is 23.5. The predicted molar refractivity (Wildman–Crippen MR) is 125 cm³/mol. The van der Waals surface area contributed by atoms with E-state index in [2.05, 4.69) is 26.3 Å². The number of piperidine rings is 1. The number of carbonyl (C=O) groups excluding carboxylic acids is 2. The van der Waals surface area contributed by atoms with Crippen LogP contribution in [0.1, 0.15) is 62.5 Å². The van der Waals surface area contributed by atoms with Crippen LogP contribution in [-0.4, -0.2) is 56.8 Å². The Labute approximate surface area is 193 Å². The molecule has 1 N–H and O–H groups in total. The first kappa shape index (κ1) is 22.5. The van der Waals surface area contributed by atoms with E-state index < -0.39 is 0 Å². The van der Waals surface area contributed by atoms with Crippen molar-refractivity contribution >= 4 is 11.8 Å². The maximum Gasteiger partial charge on any atom is 0.269 e. The van der Waals surface area contributed by atoms with Crippen LogP contribution in [0.25, 0.3) is 11.1 Å². The molecular weight excluding hydrogens is 416 g/mol. The fraction of sp³-hybridized carbons (Fsp3) is 0.360. The maximum absolute atomic E-state index is 13.2. The van der Waals surface area contributed by atoms with Gasteiger partial charge in [0.1, 0.15) is 11.5 Å². The molecule has 0 radical (unpaired) electrons. The van der Waals surface area contributed by atoms with Gasteiger partial charge in [-0.15, -0.1) is 0 Å². The van der Waals surface area contributed by atoms with E-state index in [-0.39, 0.29) is 17.7 Å². The summed E-state index contributed by atoms with van der Waals surface area (Å²) in [5.41, 5.74) is 5.44. The molecule has 1 aliphatic heterocycles. The number of carbonyl (C=O) groups is 2. The van der Waals surface area contributed by atoms with Gasteiger partial charge in [-0.3, -0.25) is 19.6 Å². The first-order valence-corrected chi connectivity index (χ1v) is 11.1. The number of nitrogens with one attached hydrogen (secondary N) is 1. The normalized spacial score (nSPS) is 15.9. The van der Waals surface area contributed by atoms with Gasteiger partial charge in [0.05, 0.1) is 11.3 Å². The lowest BCUT2D eigenvalue weighted by Crippen LogP contribution is -2.39. The highest BCUT2D eigenvalue weighted by atomic mass is 16.2. The van der Waals surface area contributed by atoms with Crippen molar-refractivity contribution in [3.8, 4) is 11.1 Å². The molecule has 4 rings (SSSR count). The van der Waals surface area contributed by atoms with Crippen LogP contribution in [-0.2, 0) is 0 Å². The molecule has 170 valence electrons. The summed E-state index contributed by atoms with van der Waals surface area (Å²) in [6, 6.07) is 7.70. The molecule has 2 amide bonds. The van der Waals surface area contributed by atoms with Crippen molar-refractivity contribution < 1.29 is 9.59 Å². The number of likely N-dealkylation sites (tertiary alicyclic amines) is 1. The topological polar surface area (TPSA) is 101 Å². The standard InChI is InChI=1S/C25H28N6O2/c1-15-10-20(18-7-8-22(28-12-18)24(32)26-4)11-23(29-15)19-6-5-9-31(14-19)25(33)21-13-27-17(3)30-16(21)2/h7-8,10-13,19H,5-6,9,14H2,1-4H3,(H,26,32)/t19-/m0/s1. The number of hydrogen-bond donors (Lipinski definition) is 1. The van der Waals surface area contributed by atoms with Crippen LogP contribution in [0.15, 0.2) is 36.7 Å². The van der Waals surface area contributed by atoms with Crippen LogP contribution in [0, 0.1) is 20.8 Å². The zero-order valence-electron chi connectivity index (χ0n) is 19.4. The molecule has 8 nitrogen and oxygen atoms in total. The summed E-state index contributed by atoms with van der Waals surface area (Å²) in [6.07, 6.45) is 5.22. The first-order chi connectivity index (χ1) is 15.9. The number of aryl methyl sites for hydroxylation is 3. The van der Waals surface area contributed by atoms with Gasteiger partial charge < -0.3 is 10.2 Å². The lowest BCUT2D eigenvalue weighted by atomic mass is 9.92. The summed E-state index contributed by atoms with van der Waals surface area (Å²) in [4.78, 5) is 44.5. The quantitative estimate of drug-likeness (QED) is 0.663. The van der Waals surface area contributed by atoms with Crippen LogP contribution in [0.2, 0.25) is 0 Å². The van der Waals surface area contributed by atoms with E-state index in [0.29, 0.717) is 35.9 Å². The van der Waals surface area contributed by atoms with E-state index in [0.717, 1.165) is 35.4 Å². The third-order valence-corrected chi connectivity index (χ3v) is 5.99. The molecule has 0 aliphatic carbocycles. The number of hydrogen-bond acceptors (Lipinski definition) is 6. The van der Waals surface area contributed by atoms with Crippen molar-refractivity contribution in [1.82, 2.24) is 30.2 Å². The minimum absolute atomic E-state index is 0.0286. The van der Waals surface area contributed by atoms with E-state index in [9.17, 15) is 9.59 Å². The van der Waals surface area contributed by atoms with Crippen LogP contribution >= 0.6 is 0 Å². The molecule has 1 atom stereocenters. The summed E-state index contributed by atoms with van der Waals surface area (Å²) in [7, 11) is 1.59. The minimum Gasteiger partial charge on any atom is -0.354 e. The van der Waals surface area contributed by atoms with Gasteiger partial charge in [-0.05, 0) is 57.4 Å². The SMILES string of the molecule is CNC(=O)c1ccc(-c2cc(C)nc([C@H]3CCCN(C(=O)c4cnc(C)nc4C)C3)c2)cn1. The summed E-state index contributed by atoms with van der Waals surface area (Å²) < 4.78 is 0. The Kier molecular flexibility index (Phi) is 6.44. The van der Waals surface area contributed by atoms with Crippen LogP contribution < -0.4 is 5.32 Å². The fourth-order valence-corrected chi connectivity index (χ4v) is 4.26. The number of rotatable bonds is 4. The van der Waals surface area contributed by atoms with Crippen molar-refractivity contribution in [2.45, 2.75) is 39.5 Å². The Balaban J connectivity index is 1.57. The summed E-state index contributed by atoms with van der Waals surface area (Å²) >= 11 is 0. The van der Waals surface area contributed by atoms with Gasteiger partial charge in [0.2, 0.25) is 0 Å². The monoisotopic (exact) mass is 444 g/mol. The highest BCUT2D eigenvalue weighted by molar-refractivity contribution is 5.95. The fourth-order valence-electron chi connectivity index (χ4n) is 4.26. The minimum atomic E-state index is -0.214. The van der Waals surface area contributed by atoms with E-state index in [1.165, 1.54) is 0 Å². The first-order valence-electron chi connectivity index (χ1n) is 11.1. The molecule has 1 fully saturated rings. The third kappa shape index (κ3) is 4.89. The Morgan fingerprint density at radius 1 is 1.03 bits per heavy atom. The maximum atomic E-state index is 13.2. The molecule has 1 aliphatic rings. The Morgan fingerprint density at radius 3 is 2.55 bits per heavy atom. The van der Waals surface area contributed by atoms with Crippen molar-refractivity contribution in [3.05, 3.63) is 70.8 Å². The highest BCUT2D eigenvalue weighted by Gasteiger charge is 2.28. The Bertz CT molecular complexity index is 1190. The van der Waals surface area contributed by atoms with Gasteiger partial charge in [-0.1, -0.05) is 6.07 Å². The summed E-state index contributed by atoms with van der Waals surface area (Å²) in [5.74, 6) is 0.564. The lowest BCUT2D eigenvalue weighted by molar-refractivity contribution is 0.0704. The van der Waals surface area contributed by atoms with E-state index in [1.54, 1.807) is 25.5 Å². The molecular formula is C25H28N6O2. The third-order valence-electron chi connectivity index (χ3n) is 5.99. The second-order valence-corrected chi connectivity index (χ2v) is 8.44. The summed E-state index contributed by atoms with van der Waals surface area (Å²) in [6.45, 7) is 6.96. The van der Waals surface area contributed by atoms with E-state index >= 15 is 0 Å². The summed E-state index contributed by atoms with van der Waals surface area (Å²) in [5, 5.41) is 2.58. The Hall–Kier alpha value is -3.68. The average Bonchev–Trinajstić information content (AvgIpc) is 2.83. The van der Waals surface area contributed by atoms with Gasteiger partial charge in [-0.25, -0.2) is 9.97 Å². The van der Waals surface area contributed by atoms with Gasteiger partial charge in [-0.2, -0.15) is 0 Å². The predicted octanol–water partition coefficient (Wildman–Crippen LogP) is 3.24. The number of aromatic nitrogens is 4. The van der Waals surface area contributed by atoms with Crippen LogP contribution in [0.5, 0.6) is 0 Å². The molecule has 0 spiro atoms. The van der Waals surface area contributed by atoms with E-state index in [4.69, 9.17) is 4.98 Å². The van der Waals surface area contributed by atoms with Gasteiger partial charge in [0.25, 0.3) is 11.8 Å². The number of pyridine rings is 2. The zero-order valence-corrected chi connectivity index (χ0v) is 19.4. The molecule has 33 heavy (non-hydrogen) atoms. The highest BCUT2D eigenvalue weighted by Crippen LogP contribution is 2.30. The molecule has 0 unspecified atom stereocenters. The van der Waals surface area contributed by atoms with Crippen molar-refractivity contribution in [2.75, 3.05) is 20.1 Å². The molecule has 8 heteroatoms. The second-order valence-electron chi connectivity index (χ2n) is 8.44. The Morgan fingerprint density at radius 2 is 1.85 bits per heavy atom. The van der Waals surface area contributed by atoms with Crippen LogP contribution in [0.4, 0.5) is 0 Å². The molecule has 3 aromatic rings. The smallest absolute Gasteiger partial charge is 0.269 e. The molecule has 0 bridgehead atoms. The van der Waals surface area contributed by atoms with E-state index in [1.807, 2.05) is 37.8 Å². The largest absolute Gasteiger partial charge is 0.354 e. The van der Waals surface area contributed by atoms with Crippen molar-refractivity contribution in [2.24, 2.45) is 0 Å². The van der Waals surface area contributed by atoms with Crippen LogP contribution in [0.3, 0.4) is 0 Å². The van der Waals surface area contributed by atoms with Crippen molar-refractivity contribution in [1.29, 1.82) is 0 Å². The van der Waals surface area contributed by atoms with Crippen molar-refractivity contribution in [3.63, 3.8) is 0 Å². The molecule has 0 aromatic carbocycles. The van der Waals surface area contributed by atoms with Gasteiger partial charge in [0, 0.05) is 55.4 Å². The molecule has 0 saturated carbocycles. The molecule has 4 heterocycles. The lowest BCUT2D eigenvalue weighted by Gasteiger charge is -2.33. The molecule has 3 aromatic heterocycles. The average molecular weight is 445 g/mol. The molecule has 1 saturated heterocycles. The van der Waals surface area contributed by atoms with Gasteiger partial charge >= 0.3 is 0 Å². The van der Waals surface area contributed by atoms with Gasteiger partial charge in [0.15, 0.2) is 0 Å². The number of amides is 2. The second kappa shape index (κ2) is 9.44. The number of nitrogens with zero attached hydrogens (tertiary/aromatic N) is 5.